The molecule has 11 heavy (non-hydrogen) atoms. The lowest BCUT2D eigenvalue weighted by Crippen LogP contribution is -2.20. The van der Waals surface area contributed by atoms with Crippen molar-refractivity contribution in [3.8, 4) is 0 Å². The van der Waals surface area contributed by atoms with Crippen LogP contribution in [0.5, 0.6) is 0 Å². The predicted molar refractivity (Wildman–Crippen MR) is 51.0 cm³/mol. The van der Waals surface area contributed by atoms with Gasteiger partial charge in [-0.3, -0.25) is 4.99 Å². The van der Waals surface area contributed by atoms with Crippen molar-refractivity contribution in [3.05, 3.63) is 24.9 Å². The highest BCUT2D eigenvalue weighted by atomic mass is 15.1. The number of hydrogen-bond donors (Lipinski definition) is 0. The van der Waals surface area contributed by atoms with E-state index in [9.17, 15) is 0 Å². The van der Waals surface area contributed by atoms with Crippen molar-refractivity contribution in [1.29, 1.82) is 0 Å². The van der Waals surface area contributed by atoms with Crippen LogP contribution in [0.3, 0.4) is 0 Å². The minimum Gasteiger partial charge on any atom is -0.304 e. The summed E-state index contributed by atoms with van der Waals surface area (Å²) in [6.45, 7) is 6.39. The van der Waals surface area contributed by atoms with Gasteiger partial charge in [-0.1, -0.05) is 12.7 Å². The summed E-state index contributed by atoms with van der Waals surface area (Å²) in [5, 5.41) is 0. The summed E-state index contributed by atoms with van der Waals surface area (Å²) >= 11 is 0. The Bertz CT molecular complexity index is 166. The average molecular weight is 152 g/mol. The van der Waals surface area contributed by atoms with Gasteiger partial charge in [-0.05, 0) is 27.1 Å². The highest BCUT2D eigenvalue weighted by Crippen LogP contribution is 1.86. The standard InChI is InChI=1S/C9H16N2/c1-5-7-9(10-6-2)8-11(3)4/h5-7H,2,8H2,1,3-4H3/b7-5-,10-9?. The summed E-state index contributed by atoms with van der Waals surface area (Å²) in [5.74, 6) is 0. The second-order valence-corrected chi connectivity index (χ2v) is 2.54. The molecular weight excluding hydrogens is 136 g/mol. The Morgan fingerprint density at radius 2 is 2.18 bits per heavy atom. The minimum atomic E-state index is 0.857. The summed E-state index contributed by atoms with van der Waals surface area (Å²) in [4.78, 5) is 6.18. The molecule has 0 aliphatic heterocycles. The van der Waals surface area contributed by atoms with Gasteiger partial charge in [-0.15, -0.1) is 0 Å². The van der Waals surface area contributed by atoms with E-state index in [2.05, 4.69) is 16.5 Å². The Kier molecular flexibility index (Phi) is 5.39. The van der Waals surface area contributed by atoms with Gasteiger partial charge in [0, 0.05) is 12.7 Å². The van der Waals surface area contributed by atoms with Crippen molar-refractivity contribution in [2.45, 2.75) is 6.92 Å². The molecule has 0 saturated heterocycles. The molecule has 0 unspecified atom stereocenters. The van der Waals surface area contributed by atoms with E-state index in [0.29, 0.717) is 0 Å². The van der Waals surface area contributed by atoms with Crippen molar-refractivity contribution < 1.29 is 0 Å². The molecule has 0 aromatic carbocycles. The van der Waals surface area contributed by atoms with E-state index >= 15 is 0 Å². The summed E-state index contributed by atoms with van der Waals surface area (Å²) in [7, 11) is 4.03. The fourth-order valence-electron chi connectivity index (χ4n) is 0.770. The molecule has 0 radical (unpaired) electrons. The van der Waals surface area contributed by atoms with Crippen molar-refractivity contribution in [2.24, 2.45) is 4.99 Å². The Labute approximate surface area is 68.9 Å². The number of aliphatic imine (C=N–C) groups is 1. The van der Waals surface area contributed by atoms with Crippen molar-refractivity contribution in [1.82, 2.24) is 4.90 Å². The zero-order valence-electron chi connectivity index (χ0n) is 7.54. The van der Waals surface area contributed by atoms with Crippen LogP contribution in [-0.2, 0) is 0 Å². The van der Waals surface area contributed by atoms with Crippen LogP contribution in [0.1, 0.15) is 6.92 Å². The number of nitrogens with zero attached hydrogens (tertiary/aromatic N) is 2. The van der Waals surface area contributed by atoms with E-state index < -0.39 is 0 Å². The van der Waals surface area contributed by atoms with Crippen LogP contribution in [0.4, 0.5) is 0 Å². The van der Waals surface area contributed by atoms with Crippen LogP contribution in [0.2, 0.25) is 0 Å². The Balaban J connectivity index is 4.11. The van der Waals surface area contributed by atoms with Gasteiger partial charge in [0.25, 0.3) is 0 Å². The van der Waals surface area contributed by atoms with Gasteiger partial charge >= 0.3 is 0 Å². The molecule has 0 atom stereocenters. The van der Waals surface area contributed by atoms with Crippen molar-refractivity contribution in [3.63, 3.8) is 0 Å². The molecule has 0 spiro atoms. The number of allylic oxidation sites excluding steroid dienone is 1. The summed E-state index contributed by atoms with van der Waals surface area (Å²) in [6, 6.07) is 0. The van der Waals surface area contributed by atoms with Gasteiger partial charge in [0.2, 0.25) is 0 Å². The third-order valence-corrected chi connectivity index (χ3v) is 1.09. The minimum absolute atomic E-state index is 0.857. The van der Waals surface area contributed by atoms with Crippen LogP contribution in [0.15, 0.2) is 29.9 Å². The van der Waals surface area contributed by atoms with E-state index in [-0.39, 0.29) is 0 Å². The highest BCUT2D eigenvalue weighted by molar-refractivity contribution is 5.96. The van der Waals surface area contributed by atoms with E-state index in [0.717, 1.165) is 12.3 Å². The first-order chi connectivity index (χ1) is 5.20. The van der Waals surface area contributed by atoms with Gasteiger partial charge < -0.3 is 4.90 Å². The Morgan fingerprint density at radius 3 is 2.55 bits per heavy atom. The highest BCUT2D eigenvalue weighted by Gasteiger charge is 1.93. The molecular formula is C9H16N2. The molecule has 0 aromatic heterocycles. The van der Waals surface area contributed by atoms with Crippen molar-refractivity contribution >= 4 is 5.71 Å². The van der Waals surface area contributed by atoms with Gasteiger partial charge in [-0.25, -0.2) is 0 Å². The molecule has 0 heterocycles. The summed E-state index contributed by atoms with van der Waals surface area (Å²) < 4.78 is 0. The maximum absolute atomic E-state index is 4.11. The van der Waals surface area contributed by atoms with Gasteiger partial charge in [0.1, 0.15) is 0 Å². The molecule has 2 nitrogen and oxygen atoms in total. The maximum Gasteiger partial charge on any atom is 0.0540 e. The maximum atomic E-state index is 4.11. The van der Waals surface area contributed by atoms with Crippen LogP contribution in [0, 0.1) is 0 Å². The van der Waals surface area contributed by atoms with Crippen LogP contribution in [0.25, 0.3) is 0 Å². The van der Waals surface area contributed by atoms with Crippen LogP contribution in [-0.4, -0.2) is 31.3 Å². The van der Waals surface area contributed by atoms with E-state index in [1.165, 1.54) is 0 Å². The van der Waals surface area contributed by atoms with Crippen molar-refractivity contribution in [2.75, 3.05) is 20.6 Å². The van der Waals surface area contributed by atoms with E-state index in [1.807, 2.05) is 33.2 Å². The first-order valence-electron chi connectivity index (χ1n) is 3.65. The van der Waals surface area contributed by atoms with Crippen LogP contribution >= 0.6 is 0 Å². The molecule has 0 rings (SSSR count). The largest absolute Gasteiger partial charge is 0.304 e. The topological polar surface area (TPSA) is 15.6 Å². The Morgan fingerprint density at radius 1 is 1.55 bits per heavy atom. The van der Waals surface area contributed by atoms with Crippen LogP contribution < -0.4 is 0 Å². The van der Waals surface area contributed by atoms with E-state index in [4.69, 9.17) is 0 Å². The zero-order valence-corrected chi connectivity index (χ0v) is 7.54. The fraction of sp³-hybridized carbons (Fsp3) is 0.444. The summed E-state index contributed by atoms with van der Waals surface area (Å²) in [6.07, 6.45) is 5.53. The molecule has 0 saturated carbocycles. The lowest BCUT2D eigenvalue weighted by molar-refractivity contribution is 0.470. The second-order valence-electron chi connectivity index (χ2n) is 2.54. The molecule has 0 aromatic rings. The number of hydrogen-bond acceptors (Lipinski definition) is 2. The third kappa shape index (κ3) is 5.55. The molecule has 0 fully saturated rings. The molecule has 0 aliphatic rings. The molecule has 0 aliphatic carbocycles. The second kappa shape index (κ2) is 5.86. The molecule has 0 bridgehead atoms. The average Bonchev–Trinajstić information content (AvgIpc) is 1.87. The molecule has 0 amide bonds. The monoisotopic (exact) mass is 152 g/mol. The predicted octanol–water partition coefficient (Wildman–Crippen LogP) is 1.71. The normalized spacial score (nSPS) is 12.9. The van der Waals surface area contributed by atoms with Gasteiger partial charge in [-0.2, -0.15) is 0 Å². The molecule has 62 valence electrons. The summed E-state index contributed by atoms with van der Waals surface area (Å²) in [5.41, 5.74) is 1.03. The molecule has 0 N–H and O–H groups in total. The smallest absolute Gasteiger partial charge is 0.0540 e. The lowest BCUT2D eigenvalue weighted by atomic mass is 10.3. The Hall–Kier alpha value is -0.890. The third-order valence-electron chi connectivity index (χ3n) is 1.09. The van der Waals surface area contributed by atoms with Gasteiger partial charge in [0.05, 0.1) is 5.71 Å². The van der Waals surface area contributed by atoms with E-state index in [1.54, 1.807) is 6.20 Å². The lowest BCUT2D eigenvalue weighted by Gasteiger charge is -2.07. The van der Waals surface area contributed by atoms with Gasteiger partial charge in [0.15, 0.2) is 0 Å². The first-order valence-corrected chi connectivity index (χ1v) is 3.65. The molecule has 2 heteroatoms. The quantitative estimate of drug-likeness (QED) is 0.560. The first kappa shape index (κ1) is 10.1. The SMILES string of the molecule is C=CN=C(/C=C\C)CN(C)C. The number of rotatable bonds is 4. The zero-order chi connectivity index (χ0) is 8.69. The fourth-order valence-corrected chi connectivity index (χ4v) is 0.770.